The lowest BCUT2D eigenvalue weighted by Gasteiger charge is -2.14. The first kappa shape index (κ1) is 13.2. The van der Waals surface area contributed by atoms with Crippen LogP contribution in [0.25, 0.3) is 22.0 Å². The molecule has 3 N–H and O–H groups in total. The maximum atomic E-state index is 14.4. The summed E-state index contributed by atoms with van der Waals surface area (Å²) >= 11 is 0. The summed E-state index contributed by atoms with van der Waals surface area (Å²) in [6.07, 6.45) is 1.86. The van der Waals surface area contributed by atoms with Crippen LogP contribution in [0.4, 0.5) is 10.1 Å². The summed E-state index contributed by atoms with van der Waals surface area (Å²) in [5.41, 5.74) is 3.92. The summed E-state index contributed by atoms with van der Waals surface area (Å²) in [4.78, 5) is 3.19. The van der Waals surface area contributed by atoms with E-state index in [-0.39, 0.29) is 19.0 Å². The van der Waals surface area contributed by atoms with E-state index < -0.39 is 0 Å². The molecule has 0 fully saturated rings. The van der Waals surface area contributed by atoms with Crippen LogP contribution in [0, 0.1) is 5.82 Å². The highest BCUT2D eigenvalue weighted by Crippen LogP contribution is 2.44. The molecule has 0 bridgehead atoms. The Bertz CT molecular complexity index is 844. The number of aliphatic hydroxyl groups is 1. The van der Waals surface area contributed by atoms with Crippen LogP contribution in [0.1, 0.15) is 5.56 Å². The van der Waals surface area contributed by atoms with Gasteiger partial charge in [0.2, 0.25) is 0 Å². The summed E-state index contributed by atoms with van der Waals surface area (Å²) in [6.45, 7) is 0.681. The van der Waals surface area contributed by atoms with E-state index in [2.05, 4.69) is 10.3 Å². The van der Waals surface area contributed by atoms with Gasteiger partial charge in [0.25, 0.3) is 0 Å². The summed E-state index contributed by atoms with van der Waals surface area (Å²) in [6, 6.07) is 8.95. The third kappa shape index (κ3) is 1.86. The molecule has 1 aliphatic heterocycles. The van der Waals surface area contributed by atoms with Crippen molar-refractivity contribution in [3.05, 3.63) is 47.9 Å². The van der Waals surface area contributed by atoms with Crippen LogP contribution in [0.2, 0.25) is 0 Å². The Morgan fingerprint density at radius 1 is 1.23 bits per heavy atom. The predicted molar refractivity (Wildman–Crippen MR) is 83.6 cm³/mol. The molecule has 0 saturated heterocycles. The zero-order valence-electron chi connectivity index (χ0n) is 11.8. The largest absolute Gasteiger partial charge is 0.490 e. The molecule has 0 atom stereocenters. The van der Waals surface area contributed by atoms with Gasteiger partial charge >= 0.3 is 0 Å². The topological polar surface area (TPSA) is 57.3 Å². The molecule has 4 nitrogen and oxygen atoms in total. The van der Waals surface area contributed by atoms with Crippen molar-refractivity contribution in [1.29, 1.82) is 0 Å². The van der Waals surface area contributed by atoms with Gasteiger partial charge in [-0.3, -0.25) is 0 Å². The van der Waals surface area contributed by atoms with Gasteiger partial charge in [0.05, 0.1) is 12.0 Å². The van der Waals surface area contributed by atoms with Gasteiger partial charge in [-0.05, 0) is 35.9 Å². The number of halogens is 1. The second-order valence-corrected chi connectivity index (χ2v) is 5.26. The molecule has 22 heavy (non-hydrogen) atoms. The predicted octanol–water partition coefficient (Wildman–Crippen LogP) is 3.27. The fourth-order valence-corrected chi connectivity index (χ4v) is 3.08. The van der Waals surface area contributed by atoms with Crippen molar-refractivity contribution in [2.45, 2.75) is 6.54 Å². The van der Waals surface area contributed by atoms with E-state index in [9.17, 15) is 4.39 Å². The number of aliphatic hydroxyl groups excluding tert-OH is 1. The maximum Gasteiger partial charge on any atom is 0.134 e. The number of rotatable bonds is 4. The second kappa shape index (κ2) is 5.03. The van der Waals surface area contributed by atoms with Crippen LogP contribution in [-0.2, 0) is 6.54 Å². The molecule has 1 aliphatic rings. The van der Waals surface area contributed by atoms with Gasteiger partial charge in [-0.2, -0.15) is 0 Å². The zero-order chi connectivity index (χ0) is 15.1. The third-order valence-electron chi connectivity index (χ3n) is 4.00. The molecule has 2 heterocycles. The first-order valence-corrected chi connectivity index (χ1v) is 7.19. The number of anilines is 1. The molecule has 1 aromatic heterocycles. The van der Waals surface area contributed by atoms with E-state index in [1.165, 1.54) is 6.07 Å². The van der Waals surface area contributed by atoms with E-state index in [1.807, 2.05) is 24.4 Å². The molecule has 4 rings (SSSR count). The van der Waals surface area contributed by atoms with E-state index in [1.54, 1.807) is 6.07 Å². The Morgan fingerprint density at radius 3 is 2.91 bits per heavy atom. The maximum absolute atomic E-state index is 14.4. The van der Waals surface area contributed by atoms with E-state index in [0.29, 0.717) is 17.7 Å². The highest BCUT2D eigenvalue weighted by atomic mass is 19.1. The van der Waals surface area contributed by atoms with Crippen molar-refractivity contribution in [2.24, 2.45) is 0 Å². The Kier molecular flexibility index (Phi) is 3.01. The number of benzene rings is 2. The van der Waals surface area contributed by atoms with E-state index >= 15 is 0 Å². The summed E-state index contributed by atoms with van der Waals surface area (Å²) in [5, 5.41) is 13.6. The normalized spacial score (nSPS) is 12.6. The lowest BCUT2D eigenvalue weighted by Crippen LogP contribution is -2.03. The number of aromatic nitrogens is 1. The van der Waals surface area contributed by atoms with Crippen LogP contribution in [0.3, 0.4) is 0 Å². The van der Waals surface area contributed by atoms with E-state index in [4.69, 9.17) is 9.84 Å². The monoisotopic (exact) mass is 298 g/mol. The Labute approximate surface area is 126 Å². The minimum atomic E-state index is -0.310. The number of H-pyrrole nitrogens is 1. The minimum absolute atomic E-state index is 0.110. The molecule has 0 amide bonds. The van der Waals surface area contributed by atoms with Crippen molar-refractivity contribution in [3.63, 3.8) is 0 Å². The fraction of sp³-hybridized carbons (Fsp3) is 0.176. The SMILES string of the molecule is OCCOc1cc(-c2ccc[nH]2)c2c3c(ccc(F)c13)NC2. The quantitative estimate of drug-likeness (QED) is 0.693. The number of hydrogen-bond acceptors (Lipinski definition) is 3. The Morgan fingerprint density at radius 2 is 2.14 bits per heavy atom. The first-order valence-electron chi connectivity index (χ1n) is 7.19. The molecule has 0 aliphatic carbocycles. The van der Waals surface area contributed by atoms with E-state index in [0.717, 1.165) is 27.9 Å². The fourth-order valence-electron chi connectivity index (χ4n) is 3.08. The van der Waals surface area contributed by atoms with Crippen LogP contribution in [-0.4, -0.2) is 23.3 Å². The zero-order valence-corrected chi connectivity index (χ0v) is 11.8. The first-order chi connectivity index (χ1) is 10.8. The highest BCUT2D eigenvalue weighted by molar-refractivity contribution is 6.06. The molecule has 0 unspecified atom stereocenters. The van der Waals surface area contributed by atoms with Crippen LogP contribution in [0.15, 0.2) is 36.5 Å². The number of aromatic amines is 1. The number of hydrogen-bond donors (Lipinski definition) is 3. The molecular formula is C17H15FN2O2. The Balaban J connectivity index is 2.04. The molecular weight excluding hydrogens is 283 g/mol. The standard InChI is InChI=1S/C17H15FN2O2/c18-12-3-4-14-16-11(9-20-14)10(13-2-1-5-19-13)8-15(17(12)16)22-7-6-21/h1-5,8,19-21H,6-7,9H2. The second-order valence-electron chi connectivity index (χ2n) is 5.26. The van der Waals surface area contributed by atoms with Crippen molar-refractivity contribution in [2.75, 3.05) is 18.5 Å². The summed E-state index contributed by atoms with van der Waals surface area (Å²) < 4.78 is 20.0. The van der Waals surface area contributed by atoms with Gasteiger partial charge in [-0.1, -0.05) is 0 Å². The lowest BCUT2D eigenvalue weighted by atomic mass is 9.97. The number of ether oxygens (including phenoxy) is 1. The van der Waals surface area contributed by atoms with Crippen LogP contribution in [0.5, 0.6) is 5.75 Å². The Hall–Kier alpha value is -2.53. The smallest absolute Gasteiger partial charge is 0.134 e. The van der Waals surface area contributed by atoms with Gasteiger partial charge < -0.3 is 20.1 Å². The minimum Gasteiger partial charge on any atom is -0.490 e. The van der Waals surface area contributed by atoms with Crippen molar-refractivity contribution < 1.29 is 14.2 Å². The van der Waals surface area contributed by atoms with Crippen molar-refractivity contribution in [1.82, 2.24) is 4.98 Å². The molecule has 5 heteroatoms. The van der Waals surface area contributed by atoms with Crippen LogP contribution < -0.4 is 10.1 Å². The van der Waals surface area contributed by atoms with Gasteiger partial charge in [0, 0.05) is 35.1 Å². The molecule has 0 radical (unpaired) electrons. The van der Waals surface area contributed by atoms with Crippen molar-refractivity contribution in [3.8, 4) is 17.0 Å². The highest BCUT2D eigenvalue weighted by Gasteiger charge is 2.24. The molecule has 3 aromatic rings. The summed E-state index contributed by atoms with van der Waals surface area (Å²) in [5.74, 6) is 0.148. The molecule has 112 valence electrons. The van der Waals surface area contributed by atoms with Crippen molar-refractivity contribution >= 4 is 16.5 Å². The average Bonchev–Trinajstić information content (AvgIpc) is 3.19. The van der Waals surface area contributed by atoms with Gasteiger partial charge in [-0.15, -0.1) is 0 Å². The number of nitrogens with one attached hydrogen (secondary N) is 2. The third-order valence-corrected chi connectivity index (χ3v) is 4.00. The van der Waals surface area contributed by atoms with Gasteiger partial charge in [-0.25, -0.2) is 4.39 Å². The van der Waals surface area contributed by atoms with Gasteiger partial charge in [0.15, 0.2) is 0 Å². The van der Waals surface area contributed by atoms with Crippen LogP contribution >= 0.6 is 0 Å². The molecule has 2 aromatic carbocycles. The lowest BCUT2D eigenvalue weighted by molar-refractivity contribution is 0.202. The molecule has 0 spiro atoms. The van der Waals surface area contributed by atoms with Gasteiger partial charge in [0.1, 0.15) is 18.2 Å². The molecule has 0 saturated carbocycles. The average molecular weight is 298 g/mol. The summed E-state index contributed by atoms with van der Waals surface area (Å²) in [7, 11) is 0.